The molecule has 0 bridgehead atoms. The molecule has 1 aliphatic rings. The number of rotatable bonds is 4. The second kappa shape index (κ2) is 6.83. The predicted octanol–water partition coefficient (Wildman–Crippen LogP) is 0.455. The molecule has 1 N–H and O–H groups in total. The molecule has 21 heavy (non-hydrogen) atoms. The van der Waals surface area contributed by atoms with Crippen molar-refractivity contribution >= 4 is 23.9 Å². The van der Waals surface area contributed by atoms with E-state index in [1.807, 2.05) is 0 Å². The van der Waals surface area contributed by atoms with Gasteiger partial charge < -0.3 is 15.1 Å². The number of para-hydroxylation sites is 1. The van der Waals surface area contributed by atoms with E-state index in [4.69, 9.17) is 0 Å². The maximum atomic E-state index is 13.4. The Morgan fingerprint density at radius 1 is 1.19 bits per heavy atom. The molecular formula is C14H16FN3O3. The van der Waals surface area contributed by atoms with Gasteiger partial charge in [0, 0.05) is 26.2 Å². The van der Waals surface area contributed by atoms with Crippen LogP contribution in [0.4, 0.5) is 10.1 Å². The average Bonchev–Trinajstić information content (AvgIpc) is 2.49. The Hall–Kier alpha value is -2.44. The molecule has 0 saturated carbocycles. The third-order valence-electron chi connectivity index (χ3n) is 3.28. The van der Waals surface area contributed by atoms with Gasteiger partial charge in [-0.2, -0.15) is 0 Å². The van der Waals surface area contributed by atoms with E-state index in [1.165, 1.54) is 23.1 Å². The van der Waals surface area contributed by atoms with Gasteiger partial charge >= 0.3 is 0 Å². The number of piperazine rings is 1. The number of carbonyl (C=O) groups is 3. The lowest BCUT2D eigenvalue weighted by Gasteiger charge is -2.32. The van der Waals surface area contributed by atoms with Gasteiger partial charge in [0.15, 0.2) is 0 Å². The van der Waals surface area contributed by atoms with Crippen LogP contribution in [0, 0.1) is 5.82 Å². The van der Waals surface area contributed by atoms with Crippen molar-refractivity contribution in [2.24, 2.45) is 0 Å². The summed E-state index contributed by atoms with van der Waals surface area (Å²) in [6.07, 6.45) is 0.405. The summed E-state index contributed by atoms with van der Waals surface area (Å²) >= 11 is 0. The molecule has 1 aromatic carbocycles. The quantitative estimate of drug-likeness (QED) is 0.647. The first-order valence-electron chi connectivity index (χ1n) is 6.61. The van der Waals surface area contributed by atoms with Gasteiger partial charge in [-0.1, -0.05) is 12.1 Å². The molecule has 0 spiro atoms. The number of amides is 3. The molecule has 3 amide bonds. The van der Waals surface area contributed by atoms with E-state index in [-0.39, 0.29) is 18.0 Å². The topological polar surface area (TPSA) is 69.7 Å². The lowest BCUT2D eigenvalue weighted by molar-refractivity contribution is -0.137. The molecule has 1 aromatic rings. The van der Waals surface area contributed by atoms with Gasteiger partial charge in [-0.05, 0) is 12.1 Å². The van der Waals surface area contributed by atoms with Crippen molar-refractivity contribution in [2.75, 3.05) is 31.5 Å². The van der Waals surface area contributed by atoms with Crippen molar-refractivity contribution in [1.82, 2.24) is 9.80 Å². The summed E-state index contributed by atoms with van der Waals surface area (Å²) in [6.45, 7) is 1.74. The molecule has 6 nitrogen and oxygen atoms in total. The van der Waals surface area contributed by atoms with Crippen LogP contribution in [0.15, 0.2) is 24.3 Å². The molecule has 1 fully saturated rings. The van der Waals surface area contributed by atoms with Gasteiger partial charge in [-0.15, -0.1) is 0 Å². The molecule has 0 aromatic heterocycles. The standard InChI is InChI=1S/C14H16FN3O3/c15-11-3-1-2-4-12(11)16-13(20)9-14(21)18-7-5-17(10-19)6-8-18/h1-4,10H,5-9H2,(H,16,20). The number of nitrogens with one attached hydrogen (secondary N) is 1. The van der Waals surface area contributed by atoms with E-state index in [2.05, 4.69) is 5.32 Å². The van der Waals surface area contributed by atoms with Crippen molar-refractivity contribution in [3.05, 3.63) is 30.1 Å². The summed E-state index contributed by atoms with van der Waals surface area (Å²) in [5, 5.41) is 2.37. The zero-order valence-corrected chi connectivity index (χ0v) is 11.4. The Morgan fingerprint density at radius 3 is 2.48 bits per heavy atom. The largest absolute Gasteiger partial charge is 0.342 e. The third-order valence-corrected chi connectivity index (χ3v) is 3.28. The predicted molar refractivity (Wildman–Crippen MR) is 73.9 cm³/mol. The smallest absolute Gasteiger partial charge is 0.233 e. The van der Waals surface area contributed by atoms with E-state index in [1.54, 1.807) is 11.0 Å². The van der Waals surface area contributed by atoms with Crippen LogP contribution >= 0.6 is 0 Å². The number of anilines is 1. The second-order valence-electron chi connectivity index (χ2n) is 4.73. The molecule has 0 aliphatic carbocycles. The van der Waals surface area contributed by atoms with Crippen LogP contribution in [0.3, 0.4) is 0 Å². The molecule has 0 radical (unpaired) electrons. The summed E-state index contributed by atoms with van der Waals surface area (Å²) < 4.78 is 13.4. The fourth-order valence-electron chi connectivity index (χ4n) is 2.08. The number of halogens is 1. The van der Waals surface area contributed by atoms with Crippen LogP contribution in [0.5, 0.6) is 0 Å². The van der Waals surface area contributed by atoms with Crippen molar-refractivity contribution in [3.8, 4) is 0 Å². The lowest BCUT2D eigenvalue weighted by Crippen LogP contribution is -2.48. The maximum Gasteiger partial charge on any atom is 0.233 e. The Balaban J connectivity index is 1.84. The first-order chi connectivity index (χ1) is 10.1. The SMILES string of the molecule is O=CN1CCN(C(=O)CC(=O)Nc2ccccc2F)CC1. The zero-order chi connectivity index (χ0) is 15.2. The van der Waals surface area contributed by atoms with Gasteiger partial charge in [-0.3, -0.25) is 14.4 Å². The Bertz CT molecular complexity index is 542. The van der Waals surface area contributed by atoms with Crippen LogP contribution < -0.4 is 5.32 Å². The zero-order valence-electron chi connectivity index (χ0n) is 11.4. The van der Waals surface area contributed by atoms with Crippen molar-refractivity contribution in [2.45, 2.75) is 6.42 Å². The minimum absolute atomic E-state index is 0.0566. The van der Waals surface area contributed by atoms with Crippen LogP contribution in [0.1, 0.15) is 6.42 Å². The molecule has 112 valence electrons. The van der Waals surface area contributed by atoms with E-state index in [9.17, 15) is 18.8 Å². The maximum absolute atomic E-state index is 13.4. The molecular weight excluding hydrogens is 277 g/mol. The normalized spacial score (nSPS) is 14.7. The highest BCUT2D eigenvalue weighted by atomic mass is 19.1. The highest BCUT2D eigenvalue weighted by molar-refractivity contribution is 6.03. The molecule has 1 heterocycles. The van der Waals surface area contributed by atoms with Crippen molar-refractivity contribution in [1.29, 1.82) is 0 Å². The van der Waals surface area contributed by atoms with Crippen molar-refractivity contribution < 1.29 is 18.8 Å². The van der Waals surface area contributed by atoms with Gasteiger partial charge in [0.25, 0.3) is 0 Å². The first kappa shape index (κ1) is 15.0. The number of hydrogen-bond acceptors (Lipinski definition) is 3. The van der Waals surface area contributed by atoms with E-state index >= 15 is 0 Å². The minimum Gasteiger partial charge on any atom is -0.342 e. The van der Waals surface area contributed by atoms with Crippen LogP contribution in [-0.2, 0) is 14.4 Å². The fraction of sp³-hybridized carbons (Fsp3) is 0.357. The Morgan fingerprint density at radius 2 is 1.86 bits per heavy atom. The number of carbonyl (C=O) groups excluding carboxylic acids is 3. The van der Waals surface area contributed by atoms with Gasteiger partial charge in [0.2, 0.25) is 18.2 Å². The van der Waals surface area contributed by atoms with Gasteiger partial charge in [-0.25, -0.2) is 4.39 Å². The minimum atomic E-state index is -0.553. The molecule has 0 unspecified atom stereocenters. The fourth-order valence-corrected chi connectivity index (χ4v) is 2.08. The summed E-state index contributed by atoms with van der Waals surface area (Å²) in [5.41, 5.74) is 0.0566. The van der Waals surface area contributed by atoms with Crippen LogP contribution in [-0.4, -0.2) is 54.2 Å². The van der Waals surface area contributed by atoms with Gasteiger partial charge in [0.05, 0.1) is 5.69 Å². The van der Waals surface area contributed by atoms with Crippen LogP contribution in [0.25, 0.3) is 0 Å². The summed E-state index contributed by atoms with van der Waals surface area (Å²) in [4.78, 5) is 37.4. The Kier molecular flexibility index (Phi) is 4.86. The van der Waals surface area contributed by atoms with E-state index in [0.717, 1.165) is 6.41 Å². The first-order valence-corrected chi connectivity index (χ1v) is 6.61. The number of benzene rings is 1. The Labute approximate surface area is 121 Å². The average molecular weight is 293 g/mol. The summed E-state index contributed by atoms with van der Waals surface area (Å²) in [6, 6.07) is 5.78. The lowest BCUT2D eigenvalue weighted by atomic mass is 10.2. The van der Waals surface area contributed by atoms with Gasteiger partial charge in [0.1, 0.15) is 12.2 Å². The number of nitrogens with zero attached hydrogens (tertiary/aromatic N) is 2. The van der Waals surface area contributed by atoms with E-state index in [0.29, 0.717) is 26.2 Å². The highest BCUT2D eigenvalue weighted by Crippen LogP contribution is 2.13. The molecule has 1 aliphatic heterocycles. The molecule has 0 atom stereocenters. The van der Waals surface area contributed by atoms with E-state index < -0.39 is 11.7 Å². The van der Waals surface area contributed by atoms with Crippen molar-refractivity contribution in [3.63, 3.8) is 0 Å². The third kappa shape index (κ3) is 4.01. The second-order valence-corrected chi connectivity index (χ2v) is 4.73. The number of hydrogen-bond donors (Lipinski definition) is 1. The molecule has 1 saturated heterocycles. The summed E-state index contributed by atoms with van der Waals surface area (Å²) in [5.74, 6) is -1.42. The molecule has 7 heteroatoms. The highest BCUT2D eigenvalue weighted by Gasteiger charge is 2.22. The monoisotopic (exact) mass is 293 g/mol. The summed E-state index contributed by atoms with van der Waals surface area (Å²) in [7, 11) is 0. The molecule has 2 rings (SSSR count). The van der Waals surface area contributed by atoms with Crippen LogP contribution in [0.2, 0.25) is 0 Å².